The summed E-state index contributed by atoms with van der Waals surface area (Å²) >= 11 is 0. The molecule has 2 aromatic rings. The molecule has 23 heavy (non-hydrogen) atoms. The lowest BCUT2D eigenvalue weighted by molar-refractivity contribution is -0.147. The second kappa shape index (κ2) is 8.08. The Morgan fingerprint density at radius 2 is 1.74 bits per heavy atom. The maximum absolute atomic E-state index is 12.8. The zero-order valence-corrected chi connectivity index (χ0v) is 12.8. The predicted molar refractivity (Wildman–Crippen MR) is 85.5 cm³/mol. The van der Waals surface area contributed by atoms with Crippen LogP contribution in [0.5, 0.6) is 0 Å². The van der Waals surface area contributed by atoms with Crippen LogP contribution in [-0.4, -0.2) is 18.5 Å². The standard InChI is InChI=1S/C18H18FNO3/c1-13(14-5-3-2-4-6-14)11-18(22)23-12-17(21)20-16-9-7-15(19)8-10-16/h2-10,13H,11-12H2,1H3,(H,20,21)/t13-/m0/s1. The Kier molecular flexibility index (Phi) is 5.86. The first-order valence-electron chi connectivity index (χ1n) is 7.30. The molecule has 120 valence electrons. The predicted octanol–water partition coefficient (Wildman–Crippen LogP) is 3.50. The fourth-order valence-electron chi connectivity index (χ4n) is 2.08. The molecule has 4 nitrogen and oxygen atoms in total. The van der Waals surface area contributed by atoms with Gasteiger partial charge >= 0.3 is 5.97 Å². The SMILES string of the molecule is C[C@@H](CC(=O)OCC(=O)Nc1ccc(F)cc1)c1ccccc1. The van der Waals surface area contributed by atoms with Crippen LogP contribution in [0.1, 0.15) is 24.8 Å². The van der Waals surface area contributed by atoms with E-state index in [2.05, 4.69) is 5.32 Å². The Balaban J connectivity index is 1.75. The van der Waals surface area contributed by atoms with Gasteiger partial charge in [0.2, 0.25) is 0 Å². The van der Waals surface area contributed by atoms with Gasteiger partial charge in [-0.25, -0.2) is 4.39 Å². The van der Waals surface area contributed by atoms with Gasteiger partial charge < -0.3 is 10.1 Å². The summed E-state index contributed by atoms with van der Waals surface area (Å²) < 4.78 is 17.7. The lowest BCUT2D eigenvalue weighted by atomic mass is 9.98. The molecule has 0 aliphatic carbocycles. The van der Waals surface area contributed by atoms with E-state index in [-0.39, 0.29) is 24.8 Å². The molecule has 5 heteroatoms. The molecule has 0 aromatic heterocycles. The first-order chi connectivity index (χ1) is 11.0. The molecule has 0 bridgehead atoms. The van der Waals surface area contributed by atoms with Crippen molar-refractivity contribution in [2.24, 2.45) is 0 Å². The highest BCUT2D eigenvalue weighted by atomic mass is 19.1. The number of ether oxygens (including phenoxy) is 1. The number of hydrogen-bond acceptors (Lipinski definition) is 3. The van der Waals surface area contributed by atoms with E-state index in [0.29, 0.717) is 5.69 Å². The molecule has 1 amide bonds. The molecule has 0 unspecified atom stereocenters. The normalized spacial score (nSPS) is 11.6. The number of halogens is 1. The van der Waals surface area contributed by atoms with Crippen molar-refractivity contribution in [3.63, 3.8) is 0 Å². The van der Waals surface area contributed by atoms with Crippen LogP contribution < -0.4 is 5.32 Å². The molecular formula is C18H18FNO3. The van der Waals surface area contributed by atoms with Crippen LogP contribution >= 0.6 is 0 Å². The van der Waals surface area contributed by atoms with Gasteiger partial charge in [-0.1, -0.05) is 37.3 Å². The summed E-state index contributed by atoms with van der Waals surface area (Å²) in [6.07, 6.45) is 0.202. The third-order valence-electron chi connectivity index (χ3n) is 3.33. The van der Waals surface area contributed by atoms with Crippen LogP contribution in [0.25, 0.3) is 0 Å². The zero-order valence-electron chi connectivity index (χ0n) is 12.8. The topological polar surface area (TPSA) is 55.4 Å². The summed E-state index contributed by atoms with van der Waals surface area (Å²) in [6, 6.07) is 15.0. The van der Waals surface area contributed by atoms with Crippen LogP contribution in [0, 0.1) is 5.82 Å². The maximum Gasteiger partial charge on any atom is 0.306 e. The molecule has 0 radical (unpaired) electrons. The van der Waals surface area contributed by atoms with Gasteiger partial charge in [-0.15, -0.1) is 0 Å². The molecule has 0 fully saturated rings. The van der Waals surface area contributed by atoms with Gasteiger partial charge in [0.15, 0.2) is 6.61 Å². The Labute approximate surface area is 134 Å². The van der Waals surface area contributed by atoms with Gasteiger partial charge in [0.05, 0.1) is 6.42 Å². The molecule has 1 N–H and O–H groups in total. The van der Waals surface area contributed by atoms with Crippen molar-refractivity contribution < 1.29 is 18.7 Å². The molecule has 0 saturated carbocycles. The van der Waals surface area contributed by atoms with Crippen LogP contribution in [0.4, 0.5) is 10.1 Å². The first-order valence-corrected chi connectivity index (χ1v) is 7.30. The maximum atomic E-state index is 12.8. The van der Waals surface area contributed by atoms with Gasteiger partial charge in [0, 0.05) is 5.69 Å². The highest BCUT2D eigenvalue weighted by molar-refractivity contribution is 5.92. The van der Waals surface area contributed by atoms with Crippen LogP contribution in [0.3, 0.4) is 0 Å². The fraction of sp³-hybridized carbons (Fsp3) is 0.222. The second-order valence-corrected chi connectivity index (χ2v) is 5.23. The molecule has 1 atom stereocenters. The van der Waals surface area contributed by atoms with E-state index in [4.69, 9.17) is 4.74 Å². The number of nitrogens with one attached hydrogen (secondary N) is 1. The number of benzene rings is 2. The minimum absolute atomic E-state index is 0.0175. The van der Waals surface area contributed by atoms with Crippen molar-refractivity contribution in [1.29, 1.82) is 0 Å². The smallest absolute Gasteiger partial charge is 0.306 e. The zero-order chi connectivity index (χ0) is 16.7. The fourth-order valence-corrected chi connectivity index (χ4v) is 2.08. The molecule has 0 spiro atoms. The van der Waals surface area contributed by atoms with Crippen molar-refractivity contribution in [3.8, 4) is 0 Å². The average molecular weight is 315 g/mol. The minimum atomic E-state index is -0.461. The Morgan fingerprint density at radius 1 is 1.09 bits per heavy atom. The largest absolute Gasteiger partial charge is 0.456 e. The van der Waals surface area contributed by atoms with Gasteiger partial charge in [-0.2, -0.15) is 0 Å². The lowest BCUT2D eigenvalue weighted by Gasteiger charge is -2.11. The first kappa shape index (κ1) is 16.7. The number of carbonyl (C=O) groups is 2. The highest BCUT2D eigenvalue weighted by Crippen LogP contribution is 2.18. The van der Waals surface area contributed by atoms with Gasteiger partial charge in [0.1, 0.15) is 5.82 Å². The minimum Gasteiger partial charge on any atom is -0.456 e. The number of rotatable bonds is 6. The monoisotopic (exact) mass is 315 g/mol. The Morgan fingerprint density at radius 3 is 2.39 bits per heavy atom. The molecule has 0 aliphatic heterocycles. The highest BCUT2D eigenvalue weighted by Gasteiger charge is 2.13. The Bertz CT molecular complexity index is 656. The summed E-state index contributed by atoms with van der Waals surface area (Å²) in [5.41, 5.74) is 1.49. The second-order valence-electron chi connectivity index (χ2n) is 5.23. The van der Waals surface area contributed by atoms with Gasteiger partial charge in [-0.05, 0) is 35.7 Å². The van der Waals surface area contributed by atoms with E-state index < -0.39 is 11.9 Å². The molecule has 0 saturated heterocycles. The number of hydrogen-bond donors (Lipinski definition) is 1. The van der Waals surface area contributed by atoms with E-state index in [9.17, 15) is 14.0 Å². The molecule has 0 heterocycles. The van der Waals surface area contributed by atoms with Gasteiger partial charge in [0.25, 0.3) is 5.91 Å². The van der Waals surface area contributed by atoms with Crippen molar-refractivity contribution in [2.45, 2.75) is 19.3 Å². The molecule has 2 rings (SSSR count). The number of anilines is 1. The van der Waals surface area contributed by atoms with E-state index in [1.165, 1.54) is 24.3 Å². The summed E-state index contributed by atoms with van der Waals surface area (Å²) in [5, 5.41) is 2.53. The summed E-state index contributed by atoms with van der Waals surface area (Å²) in [4.78, 5) is 23.5. The van der Waals surface area contributed by atoms with Crippen molar-refractivity contribution in [3.05, 3.63) is 66.0 Å². The number of esters is 1. The van der Waals surface area contributed by atoms with Crippen molar-refractivity contribution in [2.75, 3.05) is 11.9 Å². The number of amides is 1. The molecular weight excluding hydrogens is 297 g/mol. The quantitative estimate of drug-likeness (QED) is 0.830. The van der Waals surface area contributed by atoms with Crippen LogP contribution in [0.2, 0.25) is 0 Å². The van der Waals surface area contributed by atoms with E-state index in [1.54, 1.807) is 0 Å². The van der Waals surface area contributed by atoms with E-state index in [1.807, 2.05) is 37.3 Å². The Hall–Kier alpha value is -2.69. The van der Waals surface area contributed by atoms with E-state index in [0.717, 1.165) is 5.56 Å². The summed E-state index contributed by atoms with van der Waals surface area (Å²) in [5.74, 6) is -1.26. The van der Waals surface area contributed by atoms with Gasteiger partial charge in [-0.3, -0.25) is 9.59 Å². The van der Waals surface area contributed by atoms with E-state index >= 15 is 0 Å². The summed E-state index contributed by atoms with van der Waals surface area (Å²) in [7, 11) is 0. The van der Waals surface area contributed by atoms with Crippen LogP contribution in [-0.2, 0) is 14.3 Å². The lowest BCUT2D eigenvalue weighted by Crippen LogP contribution is -2.21. The van der Waals surface area contributed by atoms with Crippen LogP contribution in [0.15, 0.2) is 54.6 Å². The third-order valence-corrected chi connectivity index (χ3v) is 3.33. The average Bonchev–Trinajstić information content (AvgIpc) is 2.56. The van der Waals surface area contributed by atoms with Crippen molar-refractivity contribution >= 4 is 17.6 Å². The third kappa shape index (κ3) is 5.54. The molecule has 2 aromatic carbocycles. The van der Waals surface area contributed by atoms with Crippen molar-refractivity contribution in [1.82, 2.24) is 0 Å². The number of carbonyl (C=O) groups excluding carboxylic acids is 2. The molecule has 0 aliphatic rings. The summed E-state index contributed by atoms with van der Waals surface area (Å²) in [6.45, 7) is 1.56.